The minimum atomic E-state index is -0.0648. The van der Waals surface area contributed by atoms with Crippen molar-refractivity contribution in [2.24, 2.45) is 0 Å². The number of carbonyl (C=O) groups is 3. The molecular weight excluding hydrogens is 358 g/mol. The number of nitrogens with one attached hydrogen (secondary N) is 3. The topological polar surface area (TPSA) is 108 Å². The van der Waals surface area contributed by atoms with Gasteiger partial charge in [-0.25, -0.2) is 0 Å². The molecule has 0 bridgehead atoms. The van der Waals surface area contributed by atoms with Gasteiger partial charge in [-0.2, -0.15) is 0 Å². The second-order valence-corrected chi connectivity index (χ2v) is 7.43. The molecule has 0 heterocycles. The van der Waals surface area contributed by atoms with Gasteiger partial charge in [-0.15, -0.1) is 0 Å². The Kier molecular flexibility index (Phi) is 21.9. The monoisotopic (exact) mass is 401 g/mol. The maximum atomic E-state index is 10.8. The highest BCUT2D eigenvalue weighted by atomic mass is 16.3. The van der Waals surface area contributed by atoms with Gasteiger partial charge in [0.25, 0.3) is 0 Å². The lowest BCUT2D eigenvalue weighted by atomic mass is 10.3. The van der Waals surface area contributed by atoms with Crippen molar-refractivity contribution in [3.05, 3.63) is 12.2 Å². The van der Waals surface area contributed by atoms with E-state index in [1.54, 1.807) is 6.92 Å². The fraction of sp³-hybridized carbons (Fsp3) is 0.762. The van der Waals surface area contributed by atoms with E-state index >= 15 is 0 Å². The number of carbonyl (C=O) groups excluding carboxylic acids is 3. The summed E-state index contributed by atoms with van der Waals surface area (Å²) in [6.07, 6.45) is 2.56. The number of rotatable bonds is 9. The van der Waals surface area contributed by atoms with Crippen molar-refractivity contribution in [2.45, 2.75) is 99.2 Å². The lowest BCUT2D eigenvalue weighted by Crippen LogP contribution is -2.30. The third kappa shape index (κ3) is 28.9. The molecule has 0 aromatic carbocycles. The highest BCUT2D eigenvalue weighted by Crippen LogP contribution is 1.88. The van der Waals surface area contributed by atoms with Crippen LogP contribution in [0, 0.1) is 0 Å². The quantitative estimate of drug-likeness (QED) is 0.446. The molecular formula is C21H43N3O4. The summed E-state index contributed by atoms with van der Waals surface area (Å²) in [5, 5.41) is 16.6. The Morgan fingerprint density at radius 2 is 1.21 bits per heavy atom. The molecule has 0 aromatic rings. The van der Waals surface area contributed by atoms with Crippen molar-refractivity contribution >= 4 is 17.7 Å². The Labute approximate surface area is 171 Å². The summed E-state index contributed by atoms with van der Waals surface area (Å²) in [7, 11) is 0. The van der Waals surface area contributed by atoms with E-state index in [4.69, 9.17) is 5.11 Å². The fourth-order valence-corrected chi connectivity index (χ4v) is 1.64. The molecule has 3 amide bonds. The highest BCUT2D eigenvalue weighted by molar-refractivity contribution is 5.92. The van der Waals surface area contributed by atoms with Crippen LogP contribution in [0.1, 0.15) is 81.1 Å². The molecule has 7 nitrogen and oxygen atoms in total. The van der Waals surface area contributed by atoms with Crippen LogP contribution in [-0.2, 0) is 14.4 Å². The molecule has 0 unspecified atom stereocenters. The second-order valence-electron chi connectivity index (χ2n) is 7.43. The number of aliphatic hydroxyl groups excluding tert-OH is 1. The van der Waals surface area contributed by atoms with Crippen molar-refractivity contribution < 1.29 is 19.5 Å². The average molecular weight is 402 g/mol. The van der Waals surface area contributed by atoms with Gasteiger partial charge < -0.3 is 21.1 Å². The minimum absolute atomic E-state index is 0.0176. The summed E-state index contributed by atoms with van der Waals surface area (Å²) in [4.78, 5) is 32.3. The molecule has 0 atom stereocenters. The molecule has 28 heavy (non-hydrogen) atoms. The fourth-order valence-electron chi connectivity index (χ4n) is 1.64. The summed E-state index contributed by atoms with van der Waals surface area (Å²) in [6, 6.07) is 0.685. The van der Waals surface area contributed by atoms with Crippen molar-refractivity contribution in [2.75, 3.05) is 6.61 Å². The van der Waals surface area contributed by atoms with Crippen LogP contribution in [0.5, 0.6) is 0 Å². The average Bonchev–Trinajstić information content (AvgIpc) is 2.52. The van der Waals surface area contributed by atoms with E-state index in [1.807, 2.05) is 48.5 Å². The summed E-state index contributed by atoms with van der Waals surface area (Å²) < 4.78 is 0. The molecule has 0 saturated heterocycles. The van der Waals surface area contributed by atoms with Gasteiger partial charge in [0.1, 0.15) is 0 Å². The van der Waals surface area contributed by atoms with Crippen LogP contribution in [0.15, 0.2) is 12.2 Å². The maximum Gasteiger partial charge on any atom is 0.246 e. The molecule has 7 heteroatoms. The molecule has 0 aliphatic heterocycles. The molecule has 0 aliphatic carbocycles. The smallest absolute Gasteiger partial charge is 0.246 e. The highest BCUT2D eigenvalue weighted by Gasteiger charge is 2.01. The van der Waals surface area contributed by atoms with Crippen LogP contribution >= 0.6 is 0 Å². The zero-order valence-electron chi connectivity index (χ0n) is 19.1. The van der Waals surface area contributed by atoms with Crippen LogP contribution in [0.3, 0.4) is 0 Å². The van der Waals surface area contributed by atoms with Gasteiger partial charge in [-0.3, -0.25) is 14.4 Å². The van der Waals surface area contributed by atoms with Gasteiger partial charge in [0.05, 0.1) is 0 Å². The van der Waals surface area contributed by atoms with Crippen molar-refractivity contribution in [3.8, 4) is 0 Å². The van der Waals surface area contributed by atoms with E-state index < -0.39 is 0 Å². The van der Waals surface area contributed by atoms with Gasteiger partial charge >= 0.3 is 0 Å². The van der Waals surface area contributed by atoms with Crippen LogP contribution in [0.25, 0.3) is 0 Å². The molecule has 0 saturated carbocycles. The van der Waals surface area contributed by atoms with Crippen molar-refractivity contribution in [1.29, 1.82) is 0 Å². The van der Waals surface area contributed by atoms with Gasteiger partial charge in [-0.05, 0) is 61.3 Å². The first-order valence-corrected chi connectivity index (χ1v) is 10.0. The standard InChI is InChI=1S/C7H15NO2.C7H13NO.C7H15NO/c1-6(2)8-7(10)4-3-5-9;1-5(2)7(9)8-6(3)4;1-4-5-7(9)8-6(2)3/h6,9H,3-5H2,1-2H3,(H,8,10);6H,1H2,2-4H3,(H,8,9);6H,4-5H2,1-3H3,(H,8,9). The molecule has 0 spiro atoms. The Balaban J connectivity index is -0.000000336. The van der Waals surface area contributed by atoms with E-state index in [1.165, 1.54) is 0 Å². The Hall–Kier alpha value is -1.89. The number of amides is 3. The third-order valence-corrected chi connectivity index (χ3v) is 2.75. The molecule has 0 aromatic heterocycles. The van der Waals surface area contributed by atoms with Gasteiger partial charge in [0.15, 0.2) is 0 Å². The third-order valence-electron chi connectivity index (χ3n) is 2.75. The maximum absolute atomic E-state index is 10.8. The molecule has 0 radical (unpaired) electrons. The lowest BCUT2D eigenvalue weighted by Gasteiger charge is -2.06. The number of hydrogen-bond acceptors (Lipinski definition) is 4. The van der Waals surface area contributed by atoms with Crippen LogP contribution < -0.4 is 16.0 Å². The van der Waals surface area contributed by atoms with Gasteiger partial charge in [0.2, 0.25) is 17.7 Å². The van der Waals surface area contributed by atoms with Crippen molar-refractivity contribution in [3.63, 3.8) is 0 Å². The van der Waals surface area contributed by atoms with E-state index in [9.17, 15) is 14.4 Å². The first-order chi connectivity index (χ1) is 12.9. The molecule has 4 N–H and O–H groups in total. The number of aliphatic hydroxyl groups is 1. The zero-order chi connectivity index (χ0) is 22.7. The van der Waals surface area contributed by atoms with Gasteiger partial charge in [-0.1, -0.05) is 13.5 Å². The van der Waals surface area contributed by atoms with Gasteiger partial charge in [0, 0.05) is 43.1 Å². The predicted molar refractivity (Wildman–Crippen MR) is 116 cm³/mol. The number of hydrogen-bond donors (Lipinski definition) is 4. The Morgan fingerprint density at radius 3 is 1.46 bits per heavy atom. The van der Waals surface area contributed by atoms with E-state index in [2.05, 4.69) is 22.5 Å². The second kappa shape index (κ2) is 19.9. The van der Waals surface area contributed by atoms with E-state index in [0.717, 1.165) is 6.42 Å². The molecule has 0 fully saturated rings. The first-order valence-electron chi connectivity index (χ1n) is 10.0. The summed E-state index contributed by atoms with van der Waals surface area (Å²) >= 11 is 0. The predicted octanol–water partition coefficient (Wildman–Crippen LogP) is 2.68. The minimum Gasteiger partial charge on any atom is -0.396 e. The normalized spacial score (nSPS) is 9.71. The van der Waals surface area contributed by atoms with Crippen LogP contribution in [0.4, 0.5) is 0 Å². The summed E-state index contributed by atoms with van der Waals surface area (Å²) in [5.74, 6) is 0.113. The molecule has 0 rings (SSSR count). The summed E-state index contributed by atoms with van der Waals surface area (Å²) in [6.45, 7) is 18.9. The van der Waals surface area contributed by atoms with Crippen molar-refractivity contribution in [1.82, 2.24) is 16.0 Å². The zero-order valence-corrected chi connectivity index (χ0v) is 19.1. The lowest BCUT2D eigenvalue weighted by molar-refractivity contribution is -0.122. The summed E-state index contributed by atoms with van der Waals surface area (Å²) in [5.41, 5.74) is 0.559. The Morgan fingerprint density at radius 1 is 0.821 bits per heavy atom. The van der Waals surface area contributed by atoms with E-state index in [0.29, 0.717) is 24.8 Å². The van der Waals surface area contributed by atoms with Crippen LogP contribution in [0.2, 0.25) is 0 Å². The van der Waals surface area contributed by atoms with E-state index in [-0.39, 0.29) is 42.5 Å². The largest absolute Gasteiger partial charge is 0.396 e. The molecule has 166 valence electrons. The Bertz CT molecular complexity index is 447. The van der Waals surface area contributed by atoms with Crippen LogP contribution in [-0.4, -0.2) is 47.6 Å². The first kappa shape index (κ1) is 30.8. The SMILES string of the molecule is C=C(C)C(=O)NC(C)C.CC(C)NC(=O)CCCO.CCCC(=O)NC(C)C. The molecule has 0 aliphatic rings.